The number of anilines is 3. The van der Waals surface area contributed by atoms with Gasteiger partial charge in [0, 0.05) is 38.5 Å². The van der Waals surface area contributed by atoms with E-state index in [4.69, 9.17) is 19.8 Å². The fraction of sp³-hybridized carbons (Fsp3) is 0.565. The molecule has 0 saturated carbocycles. The van der Waals surface area contributed by atoms with Gasteiger partial charge in [0.05, 0.1) is 18.8 Å². The van der Waals surface area contributed by atoms with Crippen molar-refractivity contribution in [1.29, 1.82) is 0 Å². The van der Waals surface area contributed by atoms with Crippen LogP contribution in [0, 0.1) is 0 Å². The monoisotopic (exact) mass is 438 g/mol. The lowest BCUT2D eigenvalue weighted by molar-refractivity contribution is 0.137. The van der Waals surface area contributed by atoms with Crippen molar-refractivity contribution in [3.05, 3.63) is 30.1 Å². The number of piperazine rings is 1. The quantitative estimate of drug-likeness (QED) is 0.492. The third-order valence-electron chi connectivity index (χ3n) is 5.74. The standard InChI is InChI=1S/C23H34N8O/c1-5-17-15-30(12-11-24-17)23-27-20-19(16(3)4)29-31(13-14-32-6-2)21(20)22(28-23)26-18-9-7-8-10-25-18/h7-10,16-17,24H,5-6,11-15H2,1-4H3,(H,25,26,27,28)/t17-/m1/s1. The number of nitrogens with one attached hydrogen (secondary N) is 2. The maximum Gasteiger partial charge on any atom is 0.228 e. The largest absolute Gasteiger partial charge is 0.380 e. The average molecular weight is 439 g/mol. The summed E-state index contributed by atoms with van der Waals surface area (Å²) in [6.07, 6.45) is 2.85. The van der Waals surface area contributed by atoms with E-state index in [0.29, 0.717) is 25.8 Å². The number of fused-ring (bicyclic) bond motifs is 1. The summed E-state index contributed by atoms with van der Waals surface area (Å²) in [5.41, 5.74) is 2.77. The van der Waals surface area contributed by atoms with Crippen LogP contribution in [0.4, 0.5) is 17.6 Å². The molecule has 0 aromatic carbocycles. The predicted molar refractivity (Wildman–Crippen MR) is 128 cm³/mol. The first-order chi connectivity index (χ1) is 15.6. The molecule has 0 spiro atoms. The zero-order valence-electron chi connectivity index (χ0n) is 19.5. The summed E-state index contributed by atoms with van der Waals surface area (Å²) in [4.78, 5) is 16.7. The second-order valence-corrected chi connectivity index (χ2v) is 8.37. The molecule has 1 saturated heterocycles. The molecule has 1 fully saturated rings. The van der Waals surface area contributed by atoms with Gasteiger partial charge in [-0.2, -0.15) is 10.1 Å². The fourth-order valence-electron chi connectivity index (χ4n) is 4.01. The molecule has 32 heavy (non-hydrogen) atoms. The first kappa shape index (κ1) is 22.4. The van der Waals surface area contributed by atoms with E-state index in [1.54, 1.807) is 6.20 Å². The second-order valence-electron chi connectivity index (χ2n) is 8.37. The summed E-state index contributed by atoms with van der Waals surface area (Å²) in [6.45, 7) is 13.1. The summed E-state index contributed by atoms with van der Waals surface area (Å²) in [7, 11) is 0. The Morgan fingerprint density at radius 2 is 2.12 bits per heavy atom. The number of aromatic nitrogens is 5. The molecule has 1 aliphatic rings. The highest BCUT2D eigenvalue weighted by atomic mass is 16.5. The Labute approximate surface area is 189 Å². The summed E-state index contributed by atoms with van der Waals surface area (Å²) in [5, 5.41) is 11.9. The van der Waals surface area contributed by atoms with Gasteiger partial charge in [-0.1, -0.05) is 26.8 Å². The molecule has 0 amide bonds. The van der Waals surface area contributed by atoms with Crippen molar-refractivity contribution in [2.75, 3.05) is 43.1 Å². The summed E-state index contributed by atoms with van der Waals surface area (Å²) >= 11 is 0. The zero-order chi connectivity index (χ0) is 22.5. The highest BCUT2D eigenvalue weighted by Crippen LogP contribution is 2.31. The van der Waals surface area contributed by atoms with Gasteiger partial charge in [0.25, 0.3) is 0 Å². The molecule has 0 bridgehead atoms. The molecule has 3 aromatic heterocycles. The number of hydrogen-bond acceptors (Lipinski definition) is 8. The molecule has 172 valence electrons. The molecule has 2 N–H and O–H groups in total. The Kier molecular flexibility index (Phi) is 7.16. The van der Waals surface area contributed by atoms with E-state index in [1.165, 1.54) is 0 Å². The van der Waals surface area contributed by atoms with Crippen LogP contribution in [0.5, 0.6) is 0 Å². The maximum atomic E-state index is 5.61. The Morgan fingerprint density at radius 3 is 2.84 bits per heavy atom. The van der Waals surface area contributed by atoms with Crippen molar-refractivity contribution in [3.8, 4) is 0 Å². The van der Waals surface area contributed by atoms with Crippen LogP contribution in [0.15, 0.2) is 24.4 Å². The third kappa shape index (κ3) is 4.83. The molecule has 9 nitrogen and oxygen atoms in total. The highest BCUT2D eigenvalue weighted by Gasteiger charge is 2.25. The van der Waals surface area contributed by atoms with Crippen molar-refractivity contribution >= 4 is 28.6 Å². The average Bonchev–Trinajstić information content (AvgIpc) is 3.19. The van der Waals surface area contributed by atoms with Gasteiger partial charge in [0.15, 0.2) is 5.82 Å². The highest BCUT2D eigenvalue weighted by molar-refractivity contribution is 5.90. The molecule has 0 radical (unpaired) electrons. The van der Waals surface area contributed by atoms with Crippen LogP contribution in [-0.4, -0.2) is 63.6 Å². The van der Waals surface area contributed by atoms with E-state index in [9.17, 15) is 0 Å². The van der Waals surface area contributed by atoms with Crippen molar-refractivity contribution in [3.63, 3.8) is 0 Å². The first-order valence-electron chi connectivity index (χ1n) is 11.6. The van der Waals surface area contributed by atoms with Crippen LogP contribution in [0.1, 0.15) is 45.7 Å². The van der Waals surface area contributed by atoms with Crippen LogP contribution in [0.2, 0.25) is 0 Å². The minimum atomic E-state index is 0.239. The summed E-state index contributed by atoms with van der Waals surface area (Å²) < 4.78 is 7.58. The van der Waals surface area contributed by atoms with E-state index in [2.05, 4.69) is 41.3 Å². The second kappa shape index (κ2) is 10.2. The maximum absolute atomic E-state index is 5.61. The fourth-order valence-corrected chi connectivity index (χ4v) is 4.01. The van der Waals surface area contributed by atoms with Crippen molar-refractivity contribution < 1.29 is 4.74 Å². The van der Waals surface area contributed by atoms with Crippen molar-refractivity contribution in [1.82, 2.24) is 30.0 Å². The molecule has 4 heterocycles. The topological polar surface area (TPSA) is 93.0 Å². The van der Waals surface area contributed by atoms with E-state index < -0.39 is 0 Å². The lowest BCUT2D eigenvalue weighted by Crippen LogP contribution is -2.51. The summed E-state index contributed by atoms with van der Waals surface area (Å²) in [6, 6.07) is 6.24. The lowest BCUT2D eigenvalue weighted by Gasteiger charge is -2.33. The lowest BCUT2D eigenvalue weighted by atomic mass is 10.1. The van der Waals surface area contributed by atoms with Gasteiger partial charge in [-0.3, -0.25) is 4.68 Å². The molecule has 9 heteroatoms. The van der Waals surface area contributed by atoms with Crippen molar-refractivity contribution in [2.24, 2.45) is 0 Å². The molecule has 4 rings (SSSR count). The molecule has 1 aliphatic heterocycles. The Balaban J connectivity index is 1.82. The van der Waals surface area contributed by atoms with Crippen LogP contribution >= 0.6 is 0 Å². The molecule has 0 aliphatic carbocycles. The van der Waals surface area contributed by atoms with Gasteiger partial charge >= 0.3 is 0 Å². The molecule has 1 atom stereocenters. The number of hydrogen-bond donors (Lipinski definition) is 2. The molecule has 0 unspecified atom stereocenters. The van der Waals surface area contributed by atoms with Gasteiger partial charge in [-0.05, 0) is 31.4 Å². The summed E-state index contributed by atoms with van der Waals surface area (Å²) in [5.74, 6) is 2.45. The van der Waals surface area contributed by atoms with Gasteiger partial charge in [0.2, 0.25) is 5.95 Å². The van der Waals surface area contributed by atoms with Crippen LogP contribution < -0.4 is 15.5 Å². The number of ether oxygens (including phenoxy) is 1. The van der Waals surface area contributed by atoms with Gasteiger partial charge in [-0.15, -0.1) is 0 Å². The Morgan fingerprint density at radius 1 is 1.25 bits per heavy atom. The zero-order valence-corrected chi connectivity index (χ0v) is 19.5. The number of nitrogens with zero attached hydrogens (tertiary/aromatic N) is 6. The van der Waals surface area contributed by atoms with Gasteiger partial charge in [0.1, 0.15) is 16.9 Å². The van der Waals surface area contributed by atoms with Crippen LogP contribution in [0.3, 0.4) is 0 Å². The third-order valence-corrected chi connectivity index (χ3v) is 5.74. The minimum Gasteiger partial charge on any atom is -0.380 e. The van der Waals surface area contributed by atoms with E-state index >= 15 is 0 Å². The molecular weight excluding hydrogens is 404 g/mol. The molecule has 3 aromatic rings. The van der Waals surface area contributed by atoms with Gasteiger partial charge in [-0.25, -0.2) is 9.97 Å². The predicted octanol–water partition coefficient (Wildman–Crippen LogP) is 3.31. The van der Waals surface area contributed by atoms with E-state index in [1.807, 2.05) is 29.8 Å². The molecular formula is C23H34N8O. The number of pyridine rings is 1. The van der Waals surface area contributed by atoms with Gasteiger partial charge < -0.3 is 20.3 Å². The van der Waals surface area contributed by atoms with E-state index in [-0.39, 0.29) is 5.92 Å². The minimum absolute atomic E-state index is 0.239. The number of rotatable bonds is 9. The Bertz CT molecular complexity index is 1020. The SMILES string of the molecule is CCOCCn1nc(C(C)C)c2nc(N3CCN[C@H](CC)C3)nc(Nc3ccccn3)c21. The smallest absolute Gasteiger partial charge is 0.228 e. The van der Waals surface area contributed by atoms with Crippen molar-refractivity contribution in [2.45, 2.75) is 52.6 Å². The normalized spacial score (nSPS) is 16.8. The van der Waals surface area contributed by atoms with E-state index in [0.717, 1.165) is 60.4 Å². The Hall–Kier alpha value is -2.78. The van der Waals surface area contributed by atoms with Crippen LogP contribution in [0.25, 0.3) is 11.0 Å². The first-order valence-corrected chi connectivity index (χ1v) is 11.6. The van der Waals surface area contributed by atoms with Crippen LogP contribution in [-0.2, 0) is 11.3 Å².